The molecule has 4 aromatic rings. The molecule has 0 aromatic carbocycles. The van der Waals surface area contributed by atoms with Crippen LogP contribution in [0.5, 0.6) is 0 Å². The lowest BCUT2D eigenvalue weighted by molar-refractivity contribution is -0.0249. The monoisotopic (exact) mass is 417 g/mol. The van der Waals surface area contributed by atoms with Crippen molar-refractivity contribution in [1.82, 2.24) is 28.9 Å². The summed E-state index contributed by atoms with van der Waals surface area (Å²) in [4.78, 5) is 23.7. The van der Waals surface area contributed by atoms with E-state index in [0.29, 0.717) is 17.6 Å². The first kappa shape index (κ1) is 18.3. The number of rotatable bonds is 5. The molecule has 9 nitrogen and oxygen atoms in total. The van der Waals surface area contributed by atoms with Crippen molar-refractivity contribution in [3.63, 3.8) is 0 Å². The normalized spacial score (nSPS) is 16.8. The highest BCUT2D eigenvalue weighted by molar-refractivity contribution is 5.93. The van der Waals surface area contributed by atoms with Crippen LogP contribution in [-0.2, 0) is 4.74 Å². The maximum absolute atomic E-state index is 12.9. The number of hydrogen-bond acceptors (Lipinski definition) is 6. The Balaban J connectivity index is 1.32. The van der Waals surface area contributed by atoms with Gasteiger partial charge >= 0.3 is 0 Å². The molecular weight excluding hydrogens is 394 g/mol. The first-order valence-electron chi connectivity index (χ1n) is 10.7. The molecular formula is C22H23N7O2. The van der Waals surface area contributed by atoms with Gasteiger partial charge in [-0.25, -0.2) is 14.5 Å². The third kappa shape index (κ3) is 3.21. The van der Waals surface area contributed by atoms with Crippen molar-refractivity contribution in [2.24, 2.45) is 5.92 Å². The quantitative estimate of drug-likeness (QED) is 0.536. The molecule has 0 atom stereocenters. The van der Waals surface area contributed by atoms with Crippen LogP contribution in [0.1, 0.15) is 23.3 Å². The van der Waals surface area contributed by atoms with E-state index >= 15 is 0 Å². The summed E-state index contributed by atoms with van der Waals surface area (Å²) in [6, 6.07) is 5.98. The number of fused-ring (bicyclic) bond motifs is 2. The summed E-state index contributed by atoms with van der Waals surface area (Å²) in [7, 11) is 0. The van der Waals surface area contributed by atoms with Crippen LogP contribution in [0.25, 0.3) is 22.3 Å². The Bertz CT molecular complexity index is 1270. The summed E-state index contributed by atoms with van der Waals surface area (Å²) < 4.78 is 8.92. The minimum atomic E-state index is 0.0415. The maximum atomic E-state index is 12.9. The fourth-order valence-corrected chi connectivity index (χ4v) is 4.24. The SMILES string of the molecule is O=C(c1cnc2ccc(-c3ccn4nc(NCC5COC5)ncc34)cn12)N1CCCC1. The number of ether oxygens (including phenoxy) is 1. The number of carbonyl (C=O) groups excluding carboxylic acids is 1. The minimum absolute atomic E-state index is 0.0415. The second-order valence-corrected chi connectivity index (χ2v) is 8.21. The van der Waals surface area contributed by atoms with Crippen molar-refractivity contribution >= 4 is 23.0 Å². The molecule has 1 amide bonds. The Hall–Kier alpha value is -3.46. The Labute approximate surface area is 178 Å². The van der Waals surface area contributed by atoms with Gasteiger partial charge < -0.3 is 15.0 Å². The van der Waals surface area contributed by atoms with Gasteiger partial charge in [0, 0.05) is 49.1 Å². The molecule has 2 aliphatic rings. The van der Waals surface area contributed by atoms with Gasteiger partial charge in [-0.05, 0) is 31.0 Å². The highest BCUT2D eigenvalue weighted by atomic mass is 16.5. The number of hydrogen-bond donors (Lipinski definition) is 1. The first-order valence-corrected chi connectivity index (χ1v) is 10.7. The number of pyridine rings is 1. The van der Waals surface area contributed by atoms with Gasteiger partial charge in [0.25, 0.3) is 5.91 Å². The van der Waals surface area contributed by atoms with Crippen LogP contribution in [0.3, 0.4) is 0 Å². The smallest absolute Gasteiger partial charge is 0.272 e. The standard InChI is InChI=1S/C22H23N7O2/c30-21(27-6-1-2-7-27)19-11-23-20-4-3-16(12-28(19)20)17-5-8-29-18(17)10-25-22(26-29)24-9-15-13-31-14-15/h3-5,8,10-12,15H,1-2,6-7,9,13-14H2,(H,24,26). The third-order valence-electron chi connectivity index (χ3n) is 6.10. The van der Waals surface area contributed by atoms with E-state index in [2.05, 4.69) is 20.4 Å². The van der Waals surface area contributed by atoms with Gasteiger partial charge in [-0.3, -0.25) is 9.20 Å². The molecule has 9 heteroatoms. The topological polar surface area (TPSA) is 89.1 Å². The van der Waals surface area contributed by atoms with E-state index in [9.17, 15) is 4.79 Å². The van der Waals surface area contributed by atoms with Gasteiger partial charge in [0.1, 0.15) is 11.3 Å². The second-order valence-electron chi connectivity index (χ2n) is 8.21. The molecule has 0 saturated carbocycles. The van der Waals surface area contributed by atoms with Crippen molar-refractivity contribution in [3.05, 3.63) is 48.7 Å². The molecule has 2 aliphatic heterocycles. The third-order valence-corrected chi connectivity index (χ3v) is 6.10. The lowest BCUT2D eigenvalue weighted by Gasteiger charge is -2.25. The maximum Gasteiger partial charge on any atom is 0.272 e. The van der Waals surface area contributed by atoms with Crippen LogP contribution < -0.4 is 5.32 Å². The van der Waals surface area contributed by atoms with E-state index in [4.69, 9.17) is 4.74 Å². The number of likely N-dealkylation sites (tertiary alicyclic amines) is 1. The van der Waals surface area contributed by atoms with E-state index in [1.165, 1.54) is 0 Å². The average molecular weight is 417 g/mol. The van der Waals surface area contributed by atoms with Crippen molar-refractivity contribution in [1.29, 1.82) is 0 Å². The minimum Gasteiger partial charge on any atom is -0.381 e. The van der Waals surface area contributed by atoms with Crippen LogP contribution in [0, 0.1) is 5.92 Å². The number of nitrogens with one attached hydrogen (secondary N) is 1. The van der Waals surface area contributed by atoms with Gasteiger partial charge in [0.05, 0.1) is 31.1 Å². The van der Waals surface area contributed by atoms with Crippen molar-refractivity contribution < 1.29 is 9.53 Å². The molecule has 6 rings (SSSR count). The average Bonchev–Trinajstić information content (AvgIpc) is 3.50. The Morgan fingerprint density at radius 3 is 2.81 bits per heavy atom. The summed E-state index contributed by atoms with van der Waals surface area (Å²) in [5, 5.41) is 7.85. The van der Waals surface area contributed by atoms with Gasteiger partial charge in [0.2, 0.25) is 5.95 Å². The molecule has 0 spiro atoms. The van der Waals surface area contributed by atoms with Crippen LogP contribution in [0.4, 0.5) is 5.95 Å². The number of amides is 1. The van der Waals surface area contributed by atoms with E-state index < -0.39 is 0 Å². The largest absolute Gasteiger partial charge is 0.381 e. The molecule has 31 heavy (non-hydrogen) atoms. The summed E-state index contributed by atoms with van der Waals surface area (Å²) in [5.74, 6) is 1.17. The van der Waals surface area contributed by atoms with Crippen LogP contribution in [0.15, 0.2) is 43.0 Å². The molecule has 158 valence electrons. The number of carbonyl (C=O) groups is 1. The number of aromatic nitrogens is 5. The summed E-state index contributed by atoms with van der Waals surface area (Å²) in [6.07, 6.45) is 9.54. The van der Waals surface area contributed by atoms with Crippen molar-refractivity contribution in [2.45, 2.75) is 12.8 Å². The first-order chi connectivity index (χ1) is 15.3. The fraction of sp³-hybridized carbons (Fsp3) is 0.364. The summed E-state index contributed by atoms with van der Waals surface area (Å²) >= 11 is 0. The molecule has 2 saturated heterocycles. The van der Waals surface area contributed by atoms with Crippen molar-refractivity contribution in [3.8, 4) is 11.1 Å². The molecule has 0 unspecified atom stereocenters. The highest BCUT2D eigenvalue weighted by Gasteiger charge is 2.23. The van der Waals surface area contributed by atoms with Crippen LogP contribution >= 0.6 is 0 Å². The number of anilines is 1. The zero-order valence-electron chi connectivity index (χ0n) is 17.1. The molecule has 0 bridgehead atoms. The molecule has 1 N–H and O–H groups in total. The van der Waals surface area contributed by atoms with E-state index in [-0.39, 0.29) is 5.91 Å². The zero-order valence-corrected chi connectivity index (χ0v) is 17.1. The Morgan fingerprint density at radius 1 is 1.13 bits per heavy atom. The van der Waals surface area contributed by atoms with E-state index in [1.807, 2.05) is 50.6 Å². The predicted molar refractivity (Wildman–Crippen MR) is 115 cm³/mol. The predicted octanol–water partition coefficient (Wildman–Crippen LogP) is 2.34. The second kappa shape index (κ2) is 7.35. The molecule has 6 heterocycles. The molecule has 4 aromatic heterocycles. The summed E-state index contributed by atoms with van der Waals surface area (Å²) in [5.41, 5.74) is 4.26. The number of nitrogens with zero attached hydrogens (tertiary/aromatic N) is 6. The van der Waals surface area contributed by atoms with Gasteiger partial charge in [-0.15, -0.1) is 5.10 Å². The Kier molecular flexibility index (Phi) is 4.34. The van der Waals surface area contributed by atoms with Crippen LogP contribution in [0.2, 0.25) is 0 Å². The molecule has 0 radical (unpaired) electrons. The lowest BCUT2D eigenvalue weighted by atomic mass is 10.1. The summed E-state index contributed by atoms with van der Waals surface area (Å²) in [6.45, 7) is 4.03. The Morgan fingerprint density at radius 2 is 2.00 bits per heavy atom. The van der Waals surface area contributed by atoms with Crippen molar-refractivity contribution in [2.75, 3.05) is 38.2 Å². The zero-order chi connectivity index (χ0) is 20.8. The van der Waals surface area contributed by atoms with E-state index in [0.717, 1.165) is 68.0 Å². The van der Waals surface area contributed by atoms with Gasteiger partial charge in [0.15, 0.2) is 0 Å². The highest BCUT2D eigenvalue weighted by Crippen LogP contribution is 2.26. The van der Waals surface area contributed by atoms with Gasteiger partial charge in [-0.1, -0.05) is 0 Å². The van der Waals surface area contributed by atoms with E-state index in [1.54, 1.807) is 6.20 Å². The molecule has 2 fully saturated rings. The fourth-order valence-electron chi connectivity index (χ4n) is 4.24. The number of imidazole rings is 1. The lowest BCUT2D eigenvalue weighted by Crippen LogP contribution is -2.33. The van der Waals surface area contributed by atoms with Gasteiger partial charge in [-0.2, -0.15) is 0 Å². The van der Waals surface area contributed by atoms with Crippen LogP contribution in [-0.4, -0.2) is 67.6 Å². The molecule has 0 aliphatic carbocycles.